The van der Waals surface area contributed by atoms with Crippen LogP contribution in [0.1, 0.15) is 0 Å². The molecule has 28 heavy (non-hydrogen) atoms. The Labute approximate surface area is 164 Å². The smallest absolute Gasteiger partial charge is 0.227 e. The molecule has 1 fully saturated rings. The van der Waals surface area contributed by atoms with E-state index in [0.29, 0.717) is 5.95 Å². The third-order valence-electron chi connectivity index (χ3n) is 4.80. The average molecular weight is 395 g/mol. The first kappa shape index (κ1) is 18.2. The molecule has 2 N–H and O–H groups in total. The molecule has 0 aliphatic carbocycles. The molecule has 144 valence electrons. The monoisotopic (exact) mass is 395 g/mol. The Hall–Kier alpha value is -3.13. The SMILES string of the molecule is Nc1nc(N2CCN(c3ccccc3)CC2)ncc1S(=O)(=O)c1ccccc1. The second kappa shape index (κ2) is 7.47. The number of para-hydroxylation sites is 1. The van der Waals surface area contributed by atoms with E-state index >= 15 is 0 Å². The van der Waals surface area contributed by atoms with Crippen LogP contribution in [-0.4, -0.2) is 44.6 Å². The van der Waals surface area contributed by atoms with Crippen molar-refractivity contribution in [3.8, 4) is 0 Å². The number of piperazine rings is 1. The molecule has 4 rings (SSSR count). The first-order chi connectivity index (χ1) is 13.6. The minimum atomic E-state index is -3.74. The van der Waals surface area contributed by atoms with Crippen LogP contribution in [0.5, 0.6) is 0 Å². The maximum atomic E-state index is 12.8. The highest BCUT2D eigenvalue weighted by molar-refractivity contribution is 7.91. The third-order valence-corrected chi connectivity index (χ3v) is 6.58. The third kappa shape index (κ3) is 3.50. The second-order valence-corrected chi connectivity index (χ2v) is 8.46. The van der Waals surface area contributed by atoms with E-state index in [1.54, 1.807) is 18.2 Å². The fraction of sp³-hybridized carbons (Fsp3) is 0.200. The van der Waals surface area contributed by atoms with E-state index in [1.165, 1.54) is 24.0 Å². The van der Waals surface area contributed by atoms with Crippen molar-refractivity contribution in [2.45, 2.75) is 9.79 Å². The van der Waals surface area contributed by atoms with E-state index in [9.17, 15) is 8.42 Å². The van der Waals surface area contributed by atoms with Gasteiger partial charge in [0.05, 0.1) is 11.1 Å². The van der Waals surface area contributed by atoms with Crippen molar-refractivity contribution in [2.75, 3.05) is 41.7 Å². The molecule has 3 aromatic rings. The normalized spacial score (nSPS) is 14.9. The molecule has 8 heteroatoms. The summed E-state index contributed by atoms with van der Waals surface area (Å²) in [6, 6.07) is 18.4. The van der Waals surface area contributed by atoms with Crippen molar-refractivity contribution in [3.63, 3.8) is 0 Å². The Kier molecular flexibility index (Phi) is 4.87. The highest BCUT2D eigenvalue weighted by Gasteiger charge is 2.24. The molecule has 0 atom stereocenters. The second-order valence-electron chi connectivity index (χ2n) is 6.55. The first-order valence-electron chi connectivity index (χ1n) is 9.03. The van der Waals surface area contributed by atoms with E-state index in [0.717, 1.165) is 26.2 Å². The number of benzene rings is 2. The summed E-state index contributed by atoms with van der Waals surface area (Å²) in [6.45, 7) is 3.13. The van der Waals surface area contributed by atoms with Gasteiger partial charge in [-0.2, -0.15) is 4.98 Å². The van der Waals surface area contributed by atoms with Gasteiger partial charge in [0.1, 0.15) is 10.7 Å². The molecule has 0 amide bonds. The average Bonchev–Trinajstić information content (AvgIpc) is 2.75. The van der Waals surface area contributed by atoms with E-state index in [2.05, 4.69) is 27.0 Å². The number of nitrogen functional groups attached to an aromatic ring is 1. The van der Waals surface area contributed by atoms with Gasteiger partial charge in [0.2, 0.25) is 15.8 Å². The quantitative estimate of drug-likeness (QED) is 0.724. The fourth-order valence-corrected chi connectivity index (χ4v) is 4.55. The molecule has 0 radical (unpaired) electrons. The predicted molar refractivity (Wildman–Crippen MR) is 109 cm³/mol. The Bertz CT molecular complexity index is 1050. The lowest BCUT2D eigenvalue weighted by Gasteiger charge is -2.36. The number of aromatic nitrogens is 2. The van der Waals surface area contributed by atoms with Crippen LogP contribution in [0.2, 0.25) is 0 Å². The van der Waals surface area contributed by atoms with E-state index in [4.69, 9.17) is 5.73 Å². The van der Waals surface area contributed by atoms with Gasteiger partial charge in [-0.1, -0.05) is 36.4 Å². The van der Waals surface area contributed by atoms with Gasteiger partial charge in [-0.05, 0) is 24.3 Å². The summed E-state index contributed by atoms with van der Waals surface area (Å²) in [4.78, 5) is 13.0. The number of nitrogens with two attached hydrogens (primary N) is 1. The lowest BCUT2D eigenvalue weighted by molar-refractivity contribution is 0.595. The van der Waals surface area contributed by atoms with Crippen LogP contribution in [0.15, 0.2) is 76.7 Å². The van der Waals surface area contributed by atoms with Crippen molar-refractivity contribution in [2.24, 2.45) is 0 Å². The molecule has 1 aliphatic rings. The van der Waals surface area contributed by atoms with Gasteiger partial charge in [0.25, 0.3) is 0 Å². The van der Waals surface area contributed by atoms with Gasteiger partial charge in [0.15, 0.2) is 0 Å². The summed E-state index contributed by atoms with van der Waals surface area (Å²) in [6.07, 6.45) is 1.31. The number of rotatable bonds is 4. The van der Waals surface area contributed by atoms with Gasteiger partial charge in [-0.25, -0.2) is 13.4 Å². The molecule has 0 spiro atoms. The van der Waals surface area contributed by atoms with Crippen molar-refractivity contribution in [1.82, 2.24) is 9.97 Å². The zero-order valence-corrected chi connectivity index (χ0v) is 16.1. The lowest BCUT2D eigenvalue weighted by atomic mass is 10.2. The van der Waals surface area contributed by atoms with E-state index in [1.807, 2.05) is 23.1 Å². The summed E-state index contributed by atoms with van der Waals surface area (Å²) in [5.74, 6) is 0.427. The molecule has 7 nitrogen and oxygen atoms in total. The molecule has 0 saturated carbocycles. The zero-order valence-electron chi connectivity index (χ0n) is 15.3. The molecule has 0 bridgehead atoms. The van der Waals surface area contributed by atoms with Gasteiger partial charge in [0, 0.05) is 31.9 Å². The van der Waals surface area contributed by atoms with Crippen molar-refractivity contribution >= 4 is 27.3 Å². The number of hydrogen-bond acceptors (Lipinski definition) is 7. The van der Waals surface area contributed by atoms with Crippen molar-refractivity contribution in [3.05, 3.63) is 66.9 Å². The van der Waals surface area contributed by atoms with Crippen LogP contribution in [0, 0.1) is 0 Å². The van der Waals surface area contributed by atoms with Crippen LogP contribution >= 0.6 is 0 Å². The van der Waals surface area contributed by atoms with Gasteiger partial charge in [-0.15, -0.1) is 0 Å². The summed E-state index contributed by atoms with van der Waals surface area (Å²) in [7, 11) is -3.74. The van der Waals surface area contributed by atoms with Crippen LogP contribution in [0.3, 0.4) is 0 Å². The molecule has 1 aliphatic heterocycles. The van der Waals surface area contributed by atoms with Gasteiger partial charge >= 0.3 is 0 Å². The maximum Gasteiger partial charge on any atom is 0.227 e. The topological polar surface area (TPSA) is 92.4 Å². The summed E-state index contributed by atoms with van der Waals surface area (Å²) < 4.78 is 25.5. The number of hydrogen-bond donors (Lipinski definition) is 1. The molecular weight excluding hydrogens is 374 g/mol. The lowest BCUT2D eigenvalue weighted by Crippen LogP contribution is -2.47. The Balaban J connectivity index is 1.51. The standard InChI is InChI=1S/C20H21N5O2S/c21-19-18(28(26,27)17-9-5-2-6-10-17)15-22-20(23-19)25-13-11-24(12-14-25)16-7-3-1-4-8-16/h1-10,15H,11-14H2,(H2,21,22,23). The minimum Gasteiger partial charge on any atom is -0.382 e. The largest absolute Gasteiger partial charge is 0.382 e. The maximum absolute atomic E-state index is 12.8. The van der Waals surface area contributed by atoms with E-state index < -0.39 is 9.84 Å². The van der Waals surface area contributed by atoms with Crippen LogP contribution < -0.4 is 15.5 Å². The van der Waals surface area contributed by atoms with Crippen molar-refractivity contribution < 1.29 is 8.42 Å². The number of anilines is 3. The molecular formula is C20H21N5O2S. The minimum absolute atomic E-state index is 0.0284. The summed E-state index contributed by atoms with van der Waals surface area (Å²) in [5.41, 5.74) is 7.19. The number of nitrogens with zero attached hydrogens (tertiary/aromatic N) is 4. The van der Waals surface area contributed by atoms with Gasteiger partial charge in [-0.3, -0.25) is 0 Å². The Morgan fingerprint density at radius 3 is 2.00 bits per heavy atom. The summed E-state index contributed by atoms with van der Waals surface area (Å²) >= 11 is 0. The van der Waals surface area contributed by atoms with Crippen molar-refractivity contribution in [1.29, 1.82) is 0 Å². The Morgan fingerprint density at radius 2 is 1.39 bits per heavy atom. The molecule has 0 unspecified atom stereocenters. The highest BCUT2D eigenvalue weighted by atomic mass is 32.2. The van der Waals surface area contributed by atoms with E-state index in [-0.39, 0.29) is 15.6 Å². The highest BCUT2D eigenvalue weighted by Crippen LogP contribution is 2.26. The van der Waals surface area contributed by atoms with Crippen LogP contribution in [0.25, 0.3) is 0 Å². The molecule has 2 aromatic carbocycles. The first-order valence-corrected chi connectivity index (χ1v) is 10.5. The zero-order chi connectivity index (χ0) is 19.6. The van der Waals surface area contributed by atoms with Crippen LogP contribution in [0.4, 0.5) is 17.5 Å². The Morgan fingerprint density at radius 1 is 0.821 bits per heavy atom. The molecule has 1 aromatic heterocycles. The van der Waals surface area contributed by atoms with Crippen LogP contribution in [-0.2, 0) is 9.84 Å². The number of sulfone groups is 1. The predicted octanol–water partition coefficient (Wildman–Crippen LogP) is 2.22. The molecule has 1 saturated heterocycles. The molecule has 2 heterocycles. The van der Waals surface area contributed by atoms with Gasteiger partial charge < -0.3 is 15.5 Å². The fourth-order valence-electron chi connectivity index (χ4n) is 3.26. The summed E-state index contributed by atoms with van der Waals surface area (Å²) in [5, 5.41) is 0.